The quantitative estimate of drug-likeness (QED) is 0.760. The number of sulfonamides is 1. The highest BCUT2D eigenvalue weighted by molar-refractivity contribution is 8.06. The summed E-state index contributed by atoms with van der Waals surface area (Å²) in [6.07, 6.45) is 0. The fourth-order valence-corrected chi connectivity index (χ4v) is 4.09. The molecular formula is C7H15F2NO5S2. The van der Waals surface area contributed by atoms with E-state index in [1.807, 2.05) is 0 Å². The lowest BCUT2D eigenvalue weighted by Crippen LogP contribution is -2.52. The third-order valence-electron chi connectivity index (χ3n) is 1.90. The highest BCUT2D eigenvalue weighted by Gasteiger charge is 2.60. The molecule has 0 spiro atoms. The average Bonchev–Trinajstić information content (AvgIpc) is 1.98. The van der Waals surface area contributed by atoms with E-state index >= 15 is 0 Å². The van der Waals surface area contributed by atoms with Gasteiger partial charge in [-0.05, 0) is 27.7 Å². The maximum atomic E-state index is 13.2. The van der Waals surface area contributed by atoms with E-state index in [0.29, 0.717) is 4.31 Å². The molecule has 0 aliphatic carbocycles. The Morgan fingerprint density at radius 2 is 1.29 bits per heavy atom. The van der Waals surface area contributed by atoms with Gasteiger partial charge in [0.05, 0.1) is 0 Å². The molecule has 0 aliphatic heterocycles. The molecule has 0 fully saturated rings. The van der Waals surface area contributed by atoms with Crippen LogP contribution in [0.4, 0.5) is 8.78 Å². The van der Waals surface area contributed by atoms with Gasteiger partial charge in [0.25, 0.3) is 10.0 Å². The summed E-state index contributed by atoms with van der Waals surface area (Å²) < 4.78 is 73.7. The number of rotatable bonds is 5. The second kappa shape index (κ2) is 4.75. The van der Waals surface area contributed by atoms with Gasteiger partial charge < -0.3 is 0 Å². The van der Waals surface area contributed by atoms with Crippen molar-refractivity contribution in [3.8, 4) is 0 Å². The van der Waals surface area contributed by atoms with Crippen LogP contribution < -0.4 is 0 Å². The van der Waals surface area contributed by atoms with Crippen molar-refractivity contribution in [1.82, 2.24) is 4.31 Å². The molecule has 0 bridgehead atoms. The lowest BCUT2D eigenvalue weighted by Gasteiger charge is -2.31. The molecule has 0 heterocycles. The smallest absolute Gasteiger partial charge is 0.280 e. The topological polar surface area (TPSA) is 91.8 Å². The minimum absolute atomic E-state index is 0.334. The summed E-state index contributed by atoms with van der Waals surface area (Å²) in [6, 6.07) is -1.74. The van der Waals surface area contributed by atoms with E-state index in [1.54, 1.807) is 0 Å². The molecule has 104 valence electrons. The Balaban J connectivity index is 5.88. The molecule has 1 N–H and O–H groups in total. The van der Waals surface area contributed by atoms with Crippen LogP contribution in [0.25, 0.3) is 0 Å². The van der Waals surface area contributed by atoms with E-state index in [-0.39, 0.29) is 0 Å². The summed E-state index contributed by atoms with van der Waals surface area (Å²) >= 11 is 0. The Kier molecular flexibility index (Phi) is 4.66. The molecular weight excluding hydrogens is 280 g/mol. The van der Waals surface area contributed by atoms with Gasteiger partial charge in [-0.2, -0.15) is 21.5 Å². The van der Waals surface area contributed by atoms with Crippen LogP contribution in [0.15, 0.2) is 0 Å². The third kappa shape index (κ3) is 2.92. The van der Waals surface area contributed by atoms with E-state index in [4.69, 9.17) is 4.55 Å². The summed E-state index contributed by atoms with van der Waals surface area (Å²) in [4.78, 5) is 0. The van der Waals surface area contributed by atoms with Crippen molar-refractivity contribution in [2.45, 2.75) is 44.4 Å². The molecule has 0 aliphatic rings. The van der Waals surface area contributed by atoms with E-state index in [2.05, 4.69) is 0 Å². The average molecular weight is 295 g/mol. The van der Waals surface area contributed by atoms with Crippen LogP contribution >= 0.6 is 0 Å². The molecule has 0 radical (unpaired) electrons. The van der Waals surface area contributed by atoms with Gasteiger partial charge in [0.2, 0.25) is 0 Å². The summed E-state index contributed by atoms with van der Waals surface area (Å²) in [5.41, 5.74) is 0. The van der Waals surface area contributed by atoms with Gasteiger partial charge in [0.15, 0.2) is 0 Å². The molecule has 0 aromatic heterocycles. The molecule has 0 rings (SSSR count). The first kappa shape index (κ1) is 16.7. The Bertz CT molecular complexity index is 460. The van der Waals surface area contributed by atoms with Crippen LogP contribution in [0.5, 0.6) is 0 Å². The predicted molar refractivity (Wildman–Crippen MR) is 57.5 cm³/mol. The van der Waals surface area contributed by atoms with E-state index in [9.17, 15) is 25.6 Å². The van der Waals surface area contributed by atoms with Crippen LogP contribution in [0, 0.1) is 0 Å². The number of alkyl halides is 2. The highest BCUT2D eigenvalue weighted by Crippen LogP contribution is 2.32. The van der Waals surface area contributed by atoms with Gasteiger partial charge >= 0.3 is 14.7 Å². The number of hydrogen-bond acceptors (Lipinski definition) is 4. The normalized spacial score (nSPS) is 14.9. The van der Waals surface area contributed by atoms with Gasteiger partial charge in [0, 0.05) is 12.1 Å². The van der Waals surface area contributed by atoms with Crippen LogP contribution in [0.3, 0.4) is 0 Å². The minimum atomic E-state index is -6.04. The maximum Gasteiger partial charge on any atom is 0.484 e. The van der Waals surface area contributed by atoms with Gasteiger partial charge in [-0.3, -0.25) is 4.55 Å². The Morgan fingerprint density at radius 1 is 1.00 bits per heavy atom. The van der Waals surface area contributed by atoms with E-state index < -0.39 is 36.8 Å². The largest absolute Gasteiger partial charge is 0.484 e. The molecule has 17 heavy (non-hydrogen) atoms. The second-order valence-corrected chi connectivity index (χ2v) is 7.57. The Labute approximate surface area is 99.4 Å². The van der Waals surface area contributed by atoms with Crippen LogP contribution in [-0.2, 0) is 20.1 Å². The monoisotopic (exact) mass is 295 g/mol. The lowest BCUT2D eigenvalue weighted by atomic mass is 10.3. The zero-order valence-electron chi connectivity index (χ0n) is 9.75. The maximum absolute atomic E-state index is 13.2. The van der Waals surface area contributed by atoms with E-state index in [0.717, 1.165) is 0 Å². The molecule has 0 saturated carbocycles. The summed E-state index contributed by atoms with van der Waals surface area (Å²) in [7, 11) is -11.5. The van der Waals surface area contributed by atoms with Crippen molar-refractivity contribution >= 4 is 20.1 Å². The highest BCUT2D eigenvalue weighted by atomic mass is 32.3. The summed E-state index contributed by atoms with van der Waals surface area (Å²) in [5.74, 6) is 0. The first-order chi connectivity index (χ1) is 7.26. The molecule has 10 heteroatoms. The second-order valence-electron chi connectivity index (χ2n) is 3.96. The molecule has 0 atom stereocenters. The Hall–Kier alpha value is -0.320. The van der Waals surface area contributed by atoms with Crippen molar-refractivity contribution in [2.75, 3.05) is 0 Å². The standard InChI is InChI=1S/C7H15F2NO5S2/c1-5(2)10(6(3)4)16(11,12)7(8,9)17(13,14)15/h5-6H,1-4H3,(H,13,14,15). The molecule has 0 amide bonds. The van der Waals surface area contributed by atoms with Gasteiger partial charge in [-0.15, -0.1) is 0 Å². The van der Waals surface area contributed by atoms with Crippen LogP contribution in [-0.4, -0.2) is 42.4 Å². The summed E-state index contributed by atoms with van der Waals surface area (Å²) in [6.45, 7) is 5.27. The van der Waals surface area contributed by atoms with Gasteiger partial charge in [-0.1, -0.05) is 0 Å². The predicted octanol–water partition coefficient (Wildman–Crippen LogP) is 0.873. The molecule has 0 unspecified atom stereocenters. The zero-order chi connectivity index (χ0) is 14.2. The van der Waals surface area contributed by atoms with E-state index in [1.165, 1.54) is 27.7 Å². The van der Waals surface area contributed by atoms with Crippen molar-refractivity contribution in [1.29, 1.82) is 0 Å². The number of halogens is 2. The Morgan fingerprint density at radius 3 is 1.47 bits per heavy atom. The van der Waals surface area contributed by atoms with Crippen LogP contribution in [0.2, 0.25) is 0 Å². The molecule has 0 aromatic rings. The van der Waals surface area contributed by atoms with Crippen molar-refractivity contribution in [3.63, 3.8) is 0 Å². The SMILES string of the molecule is CC(C)N(C(C)C)S(=O)(=O)C(F)(F)S(=O)(=O)O. The number of hydrogen-bond donors (Lipinski definition) is 1. The number of nitrogens with zero attached hydrogens (tertiary/aromatic N) is 1. The summed E-state index contributed by atoms with van der Waals surface area (Å²) in [5, 5.41) is 0. The van der Waals surface area contributed by atoms with Crippen LogP contribution in [0.1, 0.15) is 27.7 Å². The third-order valence-corrected chi connectivity index (χ3v) is 5.76. The van der Waals surface area contributed by atoms with Crippen molar-refractivity contribution in [3.05, 3.63) is 0 Å². The first-order valence-electron chi connectivity index (χ1n) is 4.64. The zero-order valence-corrected chi connectivity index (χ0v) is 11.4. The minimum Gasteiger partial charge on any atom is -0.280 e. The van der Waals surface area contributed by atoms with Crippen molar-refractivity contribution < 1.29 is 30.2 Å². The fraction of sp³-hybridized carbons (Fsp3) is 1.00. The molecule has 6 nitrogen and oxygen atoms in total. The van der Waals surface area contributed by atoms with Gasteiger partial charge in [-0.25, -0.2) is 8.42 Å². The fourth-order valence-electron chi connectivity index (χ4n) is 1.41. The van der Waals surface area contributed by atoms with Gasteiger partial charge in [0.1, 0.15) is 0 Å². The molecule has 0 saturated heterocycles. The lowest BCUT2D eigenvalue weighted by molar-refractivity contribution is 0.147. The van der Waals surface area contributed by atoms with Crippen molar-refractivity contribution in [2.24, 2.45) is 0 Å². The first-order valence-corrected chi connectivity index (χ1v) is 7.52. The molecule has 0 aromatic carbocycles.